The van der Waals surface area contributed by atoms with E-state index in [0.29, 0.717) is 39.1 Å². The Labute approximate surface area is 206 Å². The van der Waals surface area contributed by atoms with Crippen molar-refractivity contribution in [1.82, 2.24) is 9.97 Å². The molecule has 9 heteroatoms. The minimum Gasteiger partial charge on any atom is -0.497 e. The molecule has 7 nitrogen and oxygen atoms in total. The van der Waals surface area contributed by atoms with Gasteiger partial charge < -0.3 is 14.9 Å². The second kappa shape index (κ2) is 9.88. The van der Waals surface area contributed by atoms with Gasteiger partial charge in [-0.25, -0.2) is 14.4 Å². The lowest BCUT2D eigenvalue weighted by Crippen LogP contribution is -2.03. The predicted octanol–water partition coefficient (Wildman–Crippen LogP) is 5.79. The fourth-order valence-electron chi connectivity index (χ4n) is 3.52. The van der Waals surface area contributed by atoms with Gasteiger partial charge in [0.25, 0.3) is 0 Å². The molecule has 0 radical (unpaired) electrons. The molecule has 2 heterocycles. The lowest BCUT2D eigenvalue weighted by atomic mass is 9.96. The number of nitrogen functional groups attached to an aromatic ring is 1. The Bertz CT molecular complexity index is 1500. The lowest BCUT2D eigenvalue weighted by molar-refractivity contribution is 0.411. The van der Waals surface area contributed by atoms with Crippen LogP contribution >= 0.6 is 11.8 Å². The smallest absolute Gasteiger partial charge is 0.229 e. The number of ether oxygens (including phenoxy) is 1. The van der Waals surface area contributed by atoms with E-state index in [9.17, 15) is 14.9 Å². The molecule has 4 aromatic rings. The number of thioether (sulfide) groups is 1. The summed E-state index contributed by atoms with van der Waals surface area (Å²) in [4.78, 5) is 8.78. The van der Waals surface area contributed by atoms with Gasteiger partial charge in [-0.15, -0.1) is 0 Å². The molecule has 0 bridgehead atoms. The Hall–Kier alpha value is -4.34. The maximum Gasteiger partial charge on any atom is 0.229 e. The Morgan fingerprint density at radius 1 is 1.06 bits per heavy atom. The molecule has 0 aliphatic rings. The molecule has 0 unspecified atom stereocenters. The van der Waals surface area contributed by atoms with Crippen LogP contribution in [-0.4, -0.2) is 17.1 Å². The number of methoxy groups -OCH3 is 1. The molecular formula is C26H20FN5O2S. The summed E-state index contributed by atoms with van der Waals surface area (Å²) in [5, 5.41) is 20.0. The number of nitrogens with zero attached hydrogens (tertiary/aromatic N) is 4. The number of nitriles is 2. The van der Waals surface area contributed by atoms with Gasteiger partial charge >= 0.3 is 0 Å². The highest BCUT2D eigenvalue weighted by molar-refractivity contribution is 7.98. The van der Waals surface area contributed by atoms with Crippen molar-refractivity contribution in [2.45, 2.75) is 24.6 Å². The first-order valence-electron chi connectivity index (χ1n) is 10.5. The van der Waals surface area contributed by atoms with E-state index < -0.39 is 5.82 Å². The summed E-state index contributed by atoms with van der Waals surface area (Å²) in [7, 11) is 1.46. The molecule has 0 saturated carbocycles. The van der Waals surface area contributed by atoms with Gasteiger partial charge in [-0.2, -0.15) is 10.5 Å². The maximum absolute atomic E-state index is 14.5. The standard InChI is InChI=1S/C26H20FN5O2S/c1-14-4-6-16(7-5-14)23-19(11-28)24(30)32-26(20(23)12-29)35-13-22-15(2)34-25(31-22)18-9-8-17(33-3)10-21(18)27/h4-10H,13H2,1-3H3,(H2,30,32). The Balaban J connectivity index is 1.69. The second-order valence-electron chi connectivity index (χ2n) is 7.67. The van der Waals surface area contributed by atoms with E-state index in [4.69, 9.17) is 14.9 Å². The van der Waals surface area contributed by atoms with Crippen molar-refractivity contribution >= 4 is 17.6 Å². The topological polar surface area (TPSA) is 122 Å². The number of anilines is 1. The zero-order valence-corrected chi connectivity index (χ0v) is 20.0. The molecule has 0 atom stereocenters. The van der Waals surface area contributed by atoms with Crippen LogP contribution in [0.2, 0.25) is 0 Å². The van der Waals surface area contributed by atoms with Crippen LogP contribution in [0.5, 0.6) is 5.75 Å². The van der Waals surface area contributed by atoms with Gasteiger partial charge in [-0.3, -0.25) is 0 Å². The molecule has 174 valence electrons. The minimum atomic E-state index is -0.513. The van der Waals surface area contributed by atoms with Crippen LogP contribution in [0.25, 0.3) is 22.6 Å². The molecule has 0 spiro atoms. The van der Waals surface area contributed by atoms with Gasteiger partial charge in [0.1, 0.15) is 45.9 Å². The van der Waals surface area contributed by atoms with Gasteiger partial charge in [-0.1, -0.05) is 41.6 Å². The molecule has 0 aliphatic heterocycles. The molecule has 2 N–H and O–H groups in total. The maximum atomic E-state index is 14.5. The number of halogens is 1. The van der Waals surface area contributed by atoms with E-state index >= 15 is 0 Å². The summed E-state index contributed by atoms with van der Waals surface area (Å²) in [5.41, 5.74) is 9.50. The molecule has 0 aliphatic carbocycles. The van der Waals surface area contributed by atoms with E-state index in [2.05, 4.69) is 22.1 Å². The SMILES string of the molecule is COc1ccc(-c2nc(CSc3nc(N)c(C#N)c(-c4ccc(C)cc4)c3C#N)c(C)o2)c(F)c1. The highest BCUT2D eigenvalue weighted by atomic mass is 32.2. The summed E-state index contributed by atoms with van der Waals surface area (Å²) in [6, 6.07) is 16.2. The van der Waals surface area contributed by atoms with Gasteiger partial charge in [0.15, 0.2) is 0 Å². The molecular weight excluding hydrogens is 465 g/mol. The number of hydrogen-bond acceptors (Lipinski definition) is 8. The Morgan fingerprint density at radius 2 is 1.77 bits per heavy atom. The van der Waals surface area contributed by atoms with Gasteiger partial charge in [0.05, 0.1) is 23.9 Å². The van der Waals surface area contributed by atoms with E-state index in [1.54, 1.807) is 19.1 Å². The van der Waals surface area contributed by atoms with Crippen molar-refractivity contribution in [1.29, 1.82) is 10.5 Å². The summed E-state index contributed by atoms with van der Waals surface area (Å²) in [6.07, 6.45) is 0. The summed E-state index contributed by atoms with van der Waals surface area (Å²) < 4.78 is 25.2. The van der Waals surface area contributed by atoms with Gasteiger partial charge in [0, 0.05) is 17.4 Å². The first kappa shape index (κ1) is 23.8. The third-order valence-corrected chi connectivity index (χ3v) is 6.39. The molecule has 2 aromatic carbocycles. The summed E-state index contributed by atoms with van der Waals surface area (Å²) in [6.45, 7) is 3.69. The van der Waals surface area contributed by atoms with Crippen LogP contribution in [-0.2, 0) is 5.75 Å². The van der Waals surface area contributed by atoms with E-state index in [0.717, 1.165) is 5.56 Å². The normalized spacial score (nSPS) is 10.6. The molecule has 0 fully saturated rings. The molecule has 0 saturated heterocycles. The fraction of sp³-hybridized carbons (Fsp3) is 0.154. The number of rotatable bonds is 6. The fourth-order valence-corrected chi connectivity index (χ4v) is 4.52. The number of aryl methyl sites for hydroxylation is 2. The van der Waals surface area contributed by atoms with Crippen LogP contribution in [0.1, 0.15) is 28.1 Å². The van der Waals surface area contributed by atoms with Crippen molar-refractivity contribution in [2.75, 3.05) is 12.8 Å². The third kappa shape index (κ3) is 4.68. The number of pyridine rings is 1. The zero-order chi connectivity index (χ0) is 25.1. The number of aromatic nitrogens is 2. The molecule has 0 amide bonds. The molecule has 4 rings (SSSR count). The highest BCUT2D eigenvalue weighted by Crippen LogP contribution is 2.37. The average molecular weight is 486 g/mol. The highest BCUT2D eigenvalue weighted by Gasteiger charge is 2.22. The largest absolute Gasteiger partial charge is 0.497 e. The number of benzene rings is 2. The third-order valence-electron chi connectivity index (χ3n) is 5.40. The van der Waals surface area contributed by atoms with Gasteiger partial charge in [-0.05, 0) is 31.5 Å². The second-order valence-corrected chi connectivity index (χ2v) is 8.64. The van der Waals surface area contributed by atoms with Crippen molar-refractivity contribution in [2.24, 2.45) is 0 Å². The van der Waals surface area contributed by atoms with Crippen LogP contribution in [0.15, 0.2) is 51.9 Å². The quantitative estimate of drug-likeness (QED) is 0.341. The van der Waals surface area contributed by atoms with Crippen LogP contribution < -0.4 is 10.5 Å². The number of oxazole rings is 1. The van der Waals surface area contributed by atoms with Crippen LogP contribution in [0, 0.1) is 42.3 Å². The number of hydrogen-bond donors (Lipinski definition) is 1. The van der Waals surface area contributed by atoms with E-state index in [1.807, 2.05) is 31.2 Å². The first-order valence-corrected chi connectivity index (χ1v) is 11.5. The lowest BCUT2D eigenvalue weighted by Gasteiger charge is -2.13. The van der Waals surface area contributed by atoms with Crippen LogP contribution in [0.4, 0.5) is 10.2 Å². The van der Waals surface area contributed by atoms with Crippen molar-refractivity contribution in [3.8, 4) is 40.5 Å². The minimum absolute atomic E-state index is 0.0439. The van der Waals surface area contributed by atoms with Gasteiger partial charge in [0.2, 0.25) is 5.89 Å². The average Bonchev–Trinajstić information content (AvgIpc) is 3.22. The van der Waals surface area contributed by atoms with Crippen LogP contribution in [0.3, 0.4) is 0 Å². The molecule has 2 aromatic heterocycles. The Morgan fingerprint density at radius 3 is 2.40 bits per heavy atom. The van der Waals surface area contributed by atoms with Crippen molar-refractivity contribution in [3.05, 3.63) is 76.4 Å². The van der Waals surface area contributed by atoms with Crippen molar-refractivity contribution in [3.63, 3.8) is 0 Å². The predicted molar refractivity (Wildman–Crippen MR) is 131 cm³/mol. The summed E-state index contributed by atoms with van der Waals surface area (Å²) in [5.74, 6) is 0.882. The Kier molecular flexibility index (Phi) is 6.72. The van der Waals surface area contributed by atoms with Crippen molar-refractivity contribution < 1.29 is 13.5 Å². The van der Waals surface area contributed by atoms with E-state index in [1.165, 1.54) is 24.9 Å². The monoisotopic (exact) mass is 485 g/mol. The van der Waals surface area contributed by atoms with E-state index in [-0.39, 0.29) is 28.4 Å². The first-order chi connectivity index (χ1) is 16.9. The zero-order valence-electron chi connectivity index (χ0n) is 19.2. The number of nitrogens with two attached hydrogens (primary N) is 1. The molecule has 35 heavy (non-hydrogen) atoms. The summed E-state index contributed by atoms with van der Waals surface area (Å²) >= 11 is 1.24.